The SMILES string of the molecule is O=C(c1ccco1)N1C[C@H](c2nccs2)[C@]2(CCN(CC3CCC3)C2=O)C1. The highest BCUT2D eigenvalue weighted by Gasteiger charge is 2.59. The molecule has 0 unspecified atom stereocenters. The van der Waals surface area contributed by atoms with E-state index in [-0.39, 0.29) is 17.7 Å². The summed E-state index contributed by atoms with van der Waals surface area (Å²) in [6, 6.07) is 3.41. The highest BCUT2D eigenvalue weighted by atomic mass is 32.1. The number of carbonyl (C=O) groups excluding carboxylic acids is 2. The van der Waals surface area contributed by atoms with Crippen LogP contribution in [0.3, 0.4) is 0 Å². The first-order valence-corrected chi connectivity index (χ1v) is 10.6. The van der Waals surface area contributed by atoms with Gasteiger partial charge in [0, 0.05) is 43.7 Å². The van der Waals surface area contributed by atoms with Gasteiger partial charge >= 0.3 is 0 Å². The number of aromatic nitrogens is 1. The second kappa shape index (κ2) is 6.48. The van der Waals surface area contributed by atoms with Crippen LogP contribution in [0.25, 0.3) is 0 Å². The van der Waals surface area contributed by atoms with Crippen LogP contribution >= 0.6 is 11.3 Å². The lowest BCUT2D eigenvalue weighted by Crippen LogP contribution is -2.42. The second-order valence-corrected chi connectivity index (χ2v) is 8.97. The molecule has 142 valence electrons. The van der Waals surface area contributed by atoms with Crippen LogP contribution in [-0.2, 0) is 4.79 Å². The molecule has 27 heavy (non-hydrogen) atoms. The minimum absolute atomic E-state index is 0.0321. The van der Waals surface area contributed by atoms with Crippen LogP contribution in [0.5, 0.6) is 0 Å². The summed E-state index contributed by atoms with van der Waals surface area (Å²) in [5.41, 5.74) is -0.538. The molecule has 2 amide bonds. The van der Waals surface area contributed by atoms with Crippen LogP contribution < -0.4 is 0 Å². The molecule has 0 radical (unpaired) electrons. The van der Waals surface area contributed by atoms with Gasteiger partial charge in [-0.1, -0.05) is 6.42 Å². The van der Waals surface area contributed by atoms with Gasteiger partial charge in [0.15, 0.2) is 5.76 Å². The molecule has 6 nitrogen and oxygen atoms in total. The Labute approximate surface area is 162 Å². The van der Waals surface area contributed by atoms with Crippen LogP contribution in [0.4, 0.5) is 0 Å². The lowest BCUT2D eigenvalue weighted by molar-refractivity contribution is -0.136. The van der Waals surface area contributed by atoms with Crippen LogP contribution in [0.1, 0.15) is 47.2 Å². The summed E-state index contributed by atoms with van der Waals surface area (Å²) < 4.78 is 5.31. The van der Waals surface area contributed by atoms with Crippen molar-refractivity contribution < 1.29 is 14.0 Å². The molecule has 7 heteroatoms. The molecule has 0 N–H and O–H groups in total. The number of nitrogens with zero attached hydrogens (tertiary/aromatic N) is 3. The Morgan fingerprint density at radius 1 is 1.41 bits per heavy atom. The average molecular weight is 385 g/mol. The van der Waals surface area contributed by atoms with Gasteiger partial charge in [-0.25, -0.2) is 4.98 Å². The monoisotopic (exact) mass is 385 g/mol. The summed E-state index contributed by atoms with van der Waals surface area (Å²) in [6.45, 7) is 2.64. The van der Waals surface area contributed by atoms with Crippen molar-refractivity contribution in [3.8, 4) is 0 Å². The molecule has 2 aliphatic heterocycles. The number of hydrogen-bond donors (Lipinski definition) is 0. The van der Waals surface area contributed by atoms with Crippen LogP contribution in [0, 0.1) is 11.3 Å². The van der Waals surface area contributed by atoms with Crippen molar-refractivity contribution in [3.63, 3.8) is 0 Å². The molecular formula is C20H23N3O3S. The van der Waals surface area contributed by atoms with E-state index in [9.17, 15) is 9.59 Å². The van der Waals surface area contributed by atoms with Gasteiger partial charge in [0.05, 0.1) is 16.7 Å². The maximum absolute atomic E-state index is 13.5. The Hall–Kier alpha value is -2.15. The van der Waals surface area contributed by atoms with Gasteiger partial charge in [0.2, 0.25) is 5.91 Å². The first kappa shape index (κ1) is 17.0. The third-order valence-electron chi connectivity index (χ3n) is 6.56. The number of furan rings is 1. The fourth-order valence-electron chi connectivity index (χ4n) is 4.83. The molecule has 2 saturated heterocycles. The minimum Gasteiger partial charge on any atom is -0.459 e. The first-order chi connectivity index (χ1) is 13.2. The van der Waals surface area contributed by atoms with Crippen molar-refractivity contribution in [2.45, 2.75) is 31.6 Å². The van der Waals surface area contributed by atoms with Crippen molar-refractivity contribution in [3.05, 3.63) is 40.7 Å². The zero-order valence-electron chi connectivity index (χ0n) is 15.2. The maximum Gasteiger partial charge on any atom is 0.289 e. The Morgan fingerprint density at radius 2 is 2.30 bits per heavy atom. The summed E-state index contributed by atoms with van der Waals surface area (Å²) >= 11 is 1.58. The van der Waals surface area contributed by atoms with Gasteiger partial charge in [0.1, 0.15) is 0 Å². The van der Waals surface area contributed by atoms with E-state index >= 15 is 0 Å². The summed E-state index contributed by atoms with van der Waals surface area (Å²) in [5, 5.41) is 2.91. The quantitative estimate of drug-likeness (QED) is 0.811. The fraction of sp³-hybridized carbons (Fsp3) is 0.550. The normalized spacial score (nSPS) is 28.3. The van der Waals surface area contributed by atoms with Crippen LogP contribution in [-0.4, -0.2) is 52.8 Å². The number of hydrogen-bond acceptors (Lipinski definition) is 5. The maximum atomic E-state index is 13.5. The van der Waals surface area contributed by atoms with Crippen molar-refractivity contribution in [1.29, 1.82) is 0 Å². The van der Waals surface area contributed by atoms with Gasteiger partial charge in [0.25, 0.3) is 5.91 Å². The molecular weight excluding hydrogens is 362 g/mol. The first-order valence-electron chi connectivity index (χ1n) is 9.69. The number of thiazole rings is 1. The topological polar surface area (TPSA) is 66.7 Å². The molecule has 2 atom stereocenters. The third-order valence-corrected chi connectivity index (χ3v) is 7.45. The van der Waals surface area contributed by atoms with Crippen LogP contribution in [0.2, 0.25) is 0 Å². The summed E-state index contributed by atoms with van der Waals surface area (Å²) in [7, 11) is 0. The molecule has 0 aromatic carbocycles. The summed E-state index contributed by atoms with van der Waals surface area (Å²) in [4.78, 5) is 34.7. The van der Waals surface area contributed by atoms with E-state index in [4.69, 9.17) is 4.42 Å². The number of likely N-dealkylation sites (tertiary alicyclic amines) is 2. The number of amides is 2. The predicted octanol–water partition coefficient (Wildman–Crippen LogP) is 2.99. The molecule has 1 spiro atoms. The lowest BCUT2D eigenvalue weighted by Gasteiger charge is -2.32. The molecule has 4 heterocycles. The van der Waals surface area contributed by atoms with Crippen molar-refractivity contribution in [2.75, 3.05) is 26.2 Å². The molecule has 5 rings (SSSR count). The molecule has 3 fully saturated rings. The zero-order valence-corrected chi connectivity index (χ0v) is 16.0. The lowest BCUT2D eigenvalue weighted by atomic mass is 9.76. The Kier molecular flexibility index (Phi) is 4.07. The van der Waals surface area contributed by atoms with E-state index in [2.05, 4.69) is 4.98 Å². The third kappa shape index (κ3) is 2.71. The van der Waals surface area contributed by atoms with Gasteiger partial charge in [-0.05, 0) is 37.3 Å². The molecule has 1 aliphatic carbocycles. The van der Waals surface area contributed by atoms with Crippen molar-refractivity contribution in [1.82, 2.24) is 14.8 Å². The Balaban J connectivity index is 1.43. The largest absolute Gasteiger partial charge is 0.459 e. The van der Waals surface area contributed by atoms with E-state index in [1.54, 1.807) is 34.6 Å². The Morgan fingerprint density at radius 3 is 2.96 bits per heavy atom. The number of rotatable bonds is 4. The standard InChI is InChI=1S/C20H23N3O3S/c24-18(16-5-2-9-26-16)23-12-15(17-21-7-10-27-17)20(13-23)6-8-22(19(20)25)11-14-3-1-4-14/h2,5,7,9-10,14-15H,1,3-4,6,8,11-13H2/t15-,20+/m1/s1. The average Bonchev–Trinajstić information content (AvgIpc) is 3.42. The zero-order chi connectivity index (χ0) is 18.4. The molecule has 0 bridgehead atoms. The summed E-state index contributed by atoms with van der Waals surface area (Å²) in [5.74, 6) is 1.04. The van der Waals surface area contributed by atoms with Crippen molar-refractivity contribution in [2.24, 2.45) is 11.3 Å². The highest BCUT2D eigenvalue weighted by Crippen LogP contribution is 2.51. The Bertz CT molecular complexity index is 831. The van der Waals surface area contributed by atoms with E-state index in [1.165, 1.54) is 25.5 Å². The molecule has 1 saturated carbocycles. The minimum atomic E-state index is -0.538. The van der Waals surface area contributed by atoms with E-state index in [0.717, 1.165) is 24.5 Å². The highest BCUT2D eigenvalue weighted by molar-refractivity contribution is 7.09. The van der Waals surface area contributed by atoms with Crippen molar-refractivity contribution >= 4 is 23.2 Å². The van der Waals surface area contributed by atoms with Gasteiger partial charge < -0.3 is 14.2 Å². The molecule has 2 aromatic rings. The van der Waals surface area contributed by atoms with E-state index in [0.29, 0.717) is 24.8 Å². The van der Waals surface area contributed by atoms with Gasteiger partial charge in [-0.15, -0.1) is 11.3 Å². The molecule has 2 aromatic heterocycles. The summed E-state index contributed by atoms with van der Waals surface area (Å²) in [6.07, 6.45) is 7.84. The predicted molar refractivity (Wildman–Crippen MR) is 100 cm³/mol. The molecule has 3 aliphatic rings. The van der Waals surface area contributed by atoms with Gasteiger partial charge in [-0.3, -0.25) is 9.59 Å². The van der Waals surface area contributed by atoms with Gasteiger partial charge in [-0.2, -0.15) is 0 Å². The fourth-order valence-corrected chi connectivity index (χ4v) is 5.68. The van der Waals surface area contributed by atoms with Crippen LogP contribution in [0.15, 0.2) is 34.4 Å². The second-order valence-electron chi connectivity index (χ2n) is 8.04. The van der Waals surface area contributed by atoms with E-state index in [1.807, 2.05) is 10.3 Å². The smallest absolute Gasteiger partial charge is 0.289 e. The number of carbonyl (C=O) groups is 2. The van der Waals surface area contributed by atoms with E-state index < -0.39 is 5.41 Å².